The molecule has 1 amide bonds. The Labute approximate surface area is 208 Å². The molecular formula is C24H25N5O6S. The summed E-state index contributed by atoms with van der Waals surface area (Å²) < 4.78 is 33.5. The highest BCUT2D eigenvalue weighted by Crippen LogP contribution is 2.37. The summed E-state index contributed by atoms with van der Waals surface area (Å²) in [4.78, 5) is 15.6. The van der Waals surface area contributed by atoms with Crippen molar-refractivity contribution in [2.45, 2.75) is 11.4 Å². The molecule has 0 aliphatic heterocycles. The van der Waals surface area contributed by atoms with Crippen molar-refractivity contribution in [3.05, 3.63) is 71.8 Å². The number of ether oxygens (including phenoxy) is 2. The van der Waals surface area contributed by atoms with Gasteiger partial charge in [0.1, 0.15) is 11.5 Å². The van der Waals surface area contributed by atoms with Crippen LogP contribution < -0.4 is 19.9 Å². The molecule has 4 aromatic rings. The zero-order chi connectivity index (χ0) is 25.9. The first-order chi connectivity index (χ1) is 17.2. The minimum absolute atomic E-state index is 0. The second-order valence-electron chi connectivity index (χ2n) is 7.65. The van der Waals surface area contributed by atoms with Gasteiger partial charge >= 0.3 is 0 Å². The average molecular weight is 512 g/mol. The molecule has 0 saturated heterocycles. The molecule has 0 saturated carbocycles. The number of aromatic nitrogens is 1. The van der Waals surface area contributed by atoms with E-state index in [2.05, 4.69) is 20.5 Å². The fraction of sp³-hybridized carbons (Fsp3) is 0.125. The Kier molecular flexibility index (Phi) is 6.90. The Morgan fingerprint density at radius 2 is 1.72 bits per heavy atom. The third kappa shape index (κ3) is 5.14. The summed E-state index contributed by atoms with van der Waals surface area (Å²) in [7, 11) is -0.749. The van der Waals surface area contributed by atoms with Crippen molar-refractivity contribution >= 4 is 38.2 Å². The van der Waals surface area contributed by atoms with Crippen LogP contribution >= 0.6 is 0 Å². The lowest BCUT2D eigenvalue weighted by molar-refractivity contribution is 0.0950. The lowest BCUT2D eigenvalue weighted by Gasteiger charge is -2.13. The van der Waals surface area contributed by atoms with Crippen LogP contribution in [0.1, 0.15) is 17.3 Å². The van der Waals surface area contributed by atoms with Crippen molar-refractivity contribution in [3.63, 3.8) is 0 Å². The maximum Gasteiger partial charge on any atom is 0.251 e. The fourth-order valence-electron chi connectivity index (χ4n) is 3.59. The Balaban J connectivity index is 0.00000380. The van der Waals surface area contributed by atoms with Gasteiger partial charge < -0.3 is 24.9 Å². The number of carbonyl (C=O) groups excluding carboxylic acids is 1. The number of nitrogens with zero attached hydrogens (tertiary/aromatic N) is 2. The van der Waals surface area contributed by atoms with Gasteiger partial charge in [0.2, 0.25) is 15.9 Å². The van der Waals surface area contributed by atoms with Crippen LogP contribution in [0.25, 0.3) is 10.9 Å². The number of fused-ring (bicyclic) bond motifs is 1. The van der Waals surface area contributed by atoms with Crippen molar-refractivity contribution < 1.29 is 29.2 Å². The first kappa shape index (κ1) is 24.7. The normalized spacial score (nSPS) is 11.6. The van der Waals surface area contributed by atoms with Gasteiger partial charge in [-0.05, 0) is 54.6 Å². The number of benzene rings is 3. The zero-order valence-electron chi connectivity index (χ0n) is 19.3. The second-order valence-corrected chi connectivity index (χ2v) is 9.21. The van der Waals surface area contributed by atoms with Gasteiger partial charge in [-0.1, -0.05) is 6.07 Å². The summed E-state index contributed by atoms with van der Waals surface area (Å²) in [6.07, 6.45) is 0. The lowest BCUT2D eigenvalue weighted by atomic mass is 10.1. The number of nitrogens with two attached hydrogens (primary N) is 1. The summed E-state index contributed by atoms with van der Waals surface area (Å²) >= 11 is 0. The molecule has 0 bridgehead atoms. The van der Waals surface area contributed by atoms with E-state index in [-0.39, 0.29) is 30.3 Å². The van der Waals surface area contributed by atoms with Crippen LogP contribution in [0.15, 0.2) is 75.8 Å². The van der Waals surface area contributed by atoms with Gasteiger partial charge in [0.15, 0.2) is 5.69 Å². The van der Waals surface area contributed by atoms with Gasteiger partial charge in [-0.25, -0.2) is 13.6 Å². The molecule has 188 valence electrons. The highest BCUT2D eigenvalue weighted by Gasteiger charge is 2.16. The third-order valence-electron chi connectivity index (χ3n) is 5.40. The van der Waals surface area contributed by atoms with E-state index < -0.39 is 10.0 Å². The smallest absolute Gasteiger partial charge is 0.251 e. The number of nitrogens with one attached hydrogen (secondary N) is 2. The predicted molar refractivity (Wildman–Crippen MR) is 135 cm³/mol. The van der Waals surface area contributed by atoms with Crippen molar-refractivity contribution in [1.82, 2.24) is 10.3 Å². The molecular weight excluding hydrogens is 486 g/mol. The monoisotopic (exact) mass is 511 g/mol. The largest absolute Gasteiger partial charge is 0.496 e. The number of methoxy groups -OCH3 is 2. The molecule has 0 atom stereocenters. The molecule has 3 aromatic carbocycles. The van der Waals surface area contributed by atoms with E-state index in [1.165, 1.54) is 38.5 Å². The summed E-state index contributed by atoms with van der Waals surface area (Å²) in [5.41, 5.74) is 2.05. The number of H-pyrrole nitrogens is 1. The fourth-order valence-corrected chi connectivity index (χ4v) is 4.10. The summed E-state index contributed by atoms with van der Waals surface area (Å²) in [5, 5.41) is 26.9. The minimum atomic E-state index is -3.83. The molecule has 0 spiro atoms. The topological polar surface area (TPSA) is 168 Å². The van der Waals surface area contributed by atoms with Crippen LogP contribution in [-0.4, -0.2) is 38.6 Å². The Hall–Kier alpha value is -4.42. The van der Waals surface area contributed by atoms with E-state index in [9.17, 15) is 18.3 Å². The van der Waals surface area contributed by atoms with E-state index in [0.29, 0.717) is 39.2 Å². The molecule has 0 unspecified atom stereocenters. The van der Waals surface area contributed by atoms with Gasteiger partial charge in [0.25, 0.3) is 5.91 Å². The van der Waals surface area contributed by atoms with Gasteiger partial charge in [-0.2, -0.15) is 5.11 Å². The number of sulfonamides is 1. The van der Waals surface area contributed by atoms with Gasteiger partial charge in [-0.15, -0.1) is 5.11 Å². The number of hydrogen-bond acceptors (Lipinski definition) is 8. The SMILES string of the molecule is COc1cccc(OC)c1CNC(=O)c1ccc2[nH]c(O)c(N=Nc3ccc(S(N)(=O)=O)cc3)c2c1.[HH]. The van der Waals surface area contributed by atoms with E-state index in [0.717, 1.165) is 0 Å². The predicted octanol–water partition coefficient (Wildman–Crippen LogP) is 4.13. The van der Waals surface area contributed by atoms with Crippen LogP contribution in [0.2, 0.25) is 0 Å². The number of carbonyl (C=O) groups is 1. The van der Waals surface area contributed by atoms with Crippen LogP contribution in [0, 0.1) is 0 Å². The number of aromatic hydroxyl groups is 1. The average Bonchev–Trinajstić information content (AvgIpc) is 3.19. The molecule has 1 heterocycles. The van der Waals surface area contributed by atoms with Gasteiger partial charge in [0, 0.05) is 12.4 Å². The lowest BCUT2D eigenvalue weighted by Crippen LogP contribution is -2.23. The van der Waals surface area contributed by atoms with Crippen molar-refractivity contribution in [1.29, 1.82) is 0 Å². The molecule has 0 fully saturated rings. The van der Waals surface area contributed by atoms with Crippen LogP contribution in [0.5, 0.6) is 17.4 Å². The summed E-state index contributed by atoms with van der Waals surface area (Å²) in [5.74, 6) is 0.583. The van der Waals surface area contributed by atoms with E-state index in [4.69, 9.17) is 14.6 Å². The highest BCUT2D eigenvalue weighted by atomic mass is 32.2. The zero-order valence-corrected chi connectivity index (χ0v) is 20.2. The molecule has 4 rings (SSSR count). The Morgan fingerprint density at radius 1 is 1.06 bits per heavy atom. The quantitative estimate of drug-likeness (QED) is 0.259. The van der Waals surface area contributed by atoms with Crippen molar-refractivity contribution in [3.8, 4) is 17.4 Å². The minimum Gasteiger partial charge on any atom is -0.496 e. The molecule has 12 heteroatoms. The van der Waals surface area contributed by atoms with Gasteiger partial charge in [0.05, 0.1) is 42.4 Å². The molecule has 5 N–H and O–H groups in total. The Bertz CT molecular complexity index is 1550. The number of rotatable bonds is 8. The standard InChI is InChI=1S/C24H23N5O6S.H2/c1-34-20-4-3-5-21(35-2)18(20)13-26-23(30)14-6-11-19-17(12-14)22(24(31)27-19)29-28-15-7-9-16(10-8-15)36(25,32)33;/h3-12,27,31H,13H2,1-2H3,(H,26,30)(H2,25,32,33);1H. The second kappa shape index (κ2) is 10.1. The molecule has 11 nitrogen and oxygen atoms in total. The van der Waals surface area contributed by atoms with Crippen molar-refractivity contribution in [2.75, 3.05) is 14.2 Å². The number of amides is 1. The summed E-state index contributed by atoms with van der Waals surface area (Å²) in [6, 6.07) is 15.7. The maximum atomic E-state index is 12.9. The van der Waals surface area contributed by atoms with Crippen molar-refractivity contribution in [2.24, 2.45) is 15.4 Å². The number of hydrogen-bond donors (Lipinski definition) is 4. The Morgan fingerprint density at radius 3 is 2.33 bits per heavy atom. The summed E-state index contributed by atoms with van der Waals surface area (Å²) in [6.45, 7) is 0.170. The number of primary sulfonamides is 1. The third-order valence-corrected chi connectivity index (χ3v) is 6.33. The van der Waals surface area contributed by atoms with Gasteiger partial charge in [-0.3, -0.25) is 4.79 Å². The van der Waals surface area contributed by atoms with E-state index in [1.54, 1.807) is 36.4 Å². The van der Waals surface area contributed by atoms with Crippen LogP contribution in [-0.2, 0) is 16.6 Å². The number of azo groups is 1. The first-order valence-corrected chi connectivity index (χ1v) is 12.1. The number of aromatic amines is 1. The van der Waals surface area contributed by atoms with E-state index in [1.807, 2.05) is 0 Å². The van der Waals surface area contributed by atoms with Crippen LogP contribution in [0.4, 0.5) is 11.4 Å². The maximum absolute atomic E-state index is 12.9. The molecule has 0 aliphatic carbocycles. The molecule has 36 heavy (non-hydrogen) atoms. The molecule has 0 aliphatic rings. The molecule has 0 radical (unpaired) electrons. The first-order valence-electron chi connectivity index (χ1n) is 10.6. The molecule has 1 aromatic heterocycles. The highest BCUT2D eigenvalue weighted by molar-refractivity contribution is 7.89. The van der Waals surface area contributed by atoms with Crippen LogP contribution in [0.3, 0.4) is 0 Å². The van der Waals surface area contributed by atoms with E-state index >= 15 is 0 Å².